The molecule has 2 rings (SSSR count). The summed E-state index contributed by atoms with van der Waals surface area (Å²) in [7, 11) is 0. The van der Waals surface area contributed by atoms with Crippen LogP contribution in [0, 0.1) is 5.92 Å². The monoisotopic (exact) mass is 248 g/mol. The zero-order valence-corrected chi connectivity index (χ0v) is 10.6. The second-order valence-corrected chi connectivity index (χ2v) is 4.78. The quantitative estimate of drug-likeness (QED) is 0.742. The third-order valence-electron chi connectivity index (χ3n) is 3.30. The van der Waals surface area contributed by atoms with Gasteiger partial charge in [0.15, 0.2) is 0 Å². The maximum absolute atomic E-state index is 12.1. The van der Waals surface area contributed by atoms with E-state index in [0.717, 1.165) is 25.1 Å². The van der Waals surface area contributed by atoms with Crippen molar-refractivity contribution in [3.63, 3.8) is 0 Å². The van der Waals surface area contributed by atoms with Gasteiger partial charge in [-0.05, 0) is 37.8 Å². The van der Waals surface area contributed by atoms with Crippen LogP contribution in [0.1, 0.15) is 30.1 Å². The van der Waals surface area contributed by atoms with Crippen molar-refractivity contribution in [2.75, 3.05) is 18.4 Å². The van der Waals surface area contributed by atoms with Gasteiger partial charge < -0.3 is 15.7 Å². The van der Waals surface area contributed by atoms with E-state index in [4.69, 9.17) is 0 Å². The smallest absolute Gasteiger partial charge is 0.253 e. The molecular formula is C14H20N2O2. The molecule has 1 aliphatic rings. The highest BCUT2D eigenvalue weighted by molar-refractivity contribution is 5.99. The van der Waals surface area contributed by atoms with Crippen molar-refractivity contribution >= 4 is 11.6 Å². The summed E-state index contributed by atoms with van der Waals surface area (Å²) in [6.07, 6.45) is 1.44. The van der Waals surface area contributed by atoms with Gasteiger partial charge in [-0.3, -0.25) is 4.79 Å². The summed E-state index contributed by atoms with van der Waals surface area (Å²) in [5.41, 5.74) is 1.55. The Morgan fingerprint density at radius 1 is 1.39 bits per heavy atom. The molecule has 0 bridgehead atoms. The lowest BCUT2D eigenvalue weighted by molar-refractivity contribution is 0.0420. The minimum Gasteiger partial charge on any atom is -0.393 e. The number of para-hydroxylation sites is 1. The Balaban J connectivity index is 1.91. The number of hydrogen-bond acceptors (Lipinski definition) is 3. The van der Waals surface area contributed by atoms with E-state index in [1.54, 1.807) is 0 Å². The Labute approximate surface area is 107 Å². The van der Waals surface area contributed by atoms with Gasteiger partial charge in [0.1, 0.15) is 0 Å². The number of nitrogens with one attached hydrogen (secondary N) is 2. The number of carbonyl (C=O) groups is 1. The van der Waals surface area contributed by atoms with Crippen LogP contribution in [0.5, 0.6) is 0 Å². The van der Waals surface area contributed by atoms with Crippen LogP contribution in [-0.4, -0.2) is 30.2 Å². The Morgan fingerprint density at radius 2 is 2.11 bits per heavy atom. The summed E-state index contributed by atoms with van der Waals surface area (Å²) in [6, 6.07) is 7.51. The summed E-state index contributed by atoms with van der Waals surface area (Å²) < 4.78 is 0. The van der Waals surface area contributed by atoms with Gasteiger partial charge in [0, 0.05) is 18.8 Å². The number of benzene rings is 1. The molecule has 0 unspecified atom stereocenters. The number of aliphatic hydroxyl groups is 1. The number of anilines is 1. The molecule has 98 valence electrons. The number of amides is 1. The maximum atomic E-state index is 12.1. The summed E-state index contributed by atoms with van der Waals surface area (Å²) >= 11 is 0. The average molecular weight is 248 g/mol. The van der Waals surface area contributed by atoms with E-state index >= 15 is 0 Å². The fraction of sp³-hybridized carbons (Fsp3) is 0.500. The molecule has 0 saturated heterocycles. The lowest BCUT2D eigenvalue weighted by atomic mass is 9.82. The van der Waals surface area contributed by atoms with Gasteiger partial charge in [0.25, 0.3) is 5.91 Å². The molecule has 0 radical (unpaired) electrons. The molecule has 1 fully saturated rings. The molecule has 3 N–H and O–H groups in total. The molecule has 4 nitrogen and oxygen atoms in total. The first-order valence-corrected chi connectivity index (χ1v) is 6.50. The summed E-state index contributed by atoms with van der Waals surface area (Å²) in [5.74, 6) is 0.378. The number of rotatable bonds is 5. The van der Waals surface area contributed by atoms with E-state index in [9.17, 15) is 9.90 Å². The molecule has 18 heavy (non-hydrogen) atoms. The third kappa shape index (κ3) is 3.01. The zero-order valence-electron chi connectivity index (χ0n) is 10.6. The molecule has 4 heteroatoms. The lowest BCUT2D eigenvalue weighted by Crippen LogP contribution is -2.38. The van der Waals surface area contributed by atoms with E-state index in [0.29, 0.717) is 18.0 Å². The van der Waals surface area contributed by atoms with E-state index in [1.807, 2.05) is 31.2 Å². The normalized spacial score (nSPS) is 22.1. The minimum atomic E-state index is -0.166. The molecule has 1 aliphatic carbocycles. The van der Waals surface area contributed by atoms with Gasteiger partial charge in [0.05, 0.1) is 11.7 Å². The Kier molecular flexibility index (Phi) is 4.20. The van der Waals surface area contributed by atoms with Gasteiger partial charge in [0.2, 0.25) is 0 Å². The fourth-order valence-electron chi connectivity index (χ4n) is 2.23. The van der Waals surface area contributed by atoms with Crippen LogP contribution in [0.3, 0.4) is 0 Å². The molecule has 1 amide bonds. The van der Waals surface area contributed by atoms with Gasteiger partial charge >= 0.3 is 0 Å². The fourth-order valence-corrected chi connectivity index (χ4v) is 2.23. The van der Waals surface area contributed by atoms with E-state index in [2.05, 4.69) is 10.6 Å². The van der Waals surface area contributed by atoms with Gasteiger partial charge in [-0.2, -0.15) is 0 Å². The summed E-state index contributed by atoms with van der Waals surface area (Å²) in [4.78, 5) is 12.1. The van der Waals surface area contributed by atoms with Crippen LogP contribution in [-0.2, 0) is 0 Å². The van der Waals surface area contributed by atoms with Crippen molar-refractivity contribution in [1.82, 2.24) is 5.32 Å². The third-order valence-corrected chi connectivity index (χ3v) is 3.30. The molecule has 0 aromatic heterocycles. The molecule has 1 aromatic carbocycles. The molecule has 1 aromatic rings. The molecule has 0 atom stereocenters. The molecule has 0 aliphatic heterocycles. The number of hydrogen-bond donors (Lipinski definition) is 3. The van der Waals surface area contributed by atoms with Crippen molar-refractivity contribution in [3.05, 3.63) is 29.8 Å². The summed E-state index contributed by atoms with van der Waals surface area (Å²) in [5, 5.41) is 15.3. The Bertz CT molecular complexity index is 414. The van der Waals surface area contributed by atoms with E-state index < -0.39 is 0 Å². The van der Waals surface area contributed by atoms with Crippen molar-refractivity contribution in [3.8, 4) is 0 Å². The Morgan fingerprint density at radius 3 is 2.78 bits per heavy atom. The second kappa shape index (κ2) is 5.87. The van der Waals surface area contributed by atoms with Crippen LogP contribution in [0.25, 0.3) is 0 Å². The topological polar surface area (TPSA) is 61.4 Å². The predicted octanol–water partition coefficient (Wildman–Crippen LogP) is 1.62. The van der Waals surface area contributed by atoms with Crippen LogP contribution in [0.4, 0.5) is 5.69 Å². The highest BCUT2D eigenvalue weighted by Gasteiger charge is 2.27. The molecule has 1 saturated carbocycles. The van der Waals surface area contributed by atoms with Crippen molar-refractivity contribution in [2.24, 2.45) is 5.92 Å². The minimum absolute atomic E-state index is 0.0482. The Hall–Kier alpha value is -1.55. The average Bonchev–Trinajstić information content (AvgIpc) is 2.34. The van der Waals surface area contributed by atoms with Gasteiger partial charge in [-0.1, -0.05) is 12.1 Å². The van der Waals surface area contributed by atoms with Crippen LogP contribution in [0.15, 0.2) is 24.3 Å². The highest BCUT2D eigenvalue weighted by Crippen LogP contribution is 2.26. The zero-order chi connectivity index (χ0) is 13.0. The largest absolute Gasteiger partial charge is 0.393 e. The van der Waals surface area contributed by atoms with Crippen LogP contribution < -0.4 is 10.6 Å². The highest BCUT2D eigenvalue weighted by atomic mass is 16.3. The maximum Gasteiger partial charge on any atom is 0.253 e. The molecule has 0 heterocycles. The predicted molar refractivity (Wildman–Crippen MR) is 71.7 cm³/mol. The van der Waals surface area contributed by atoms with Crippen molar-refractivity contribution < 1.29 is 9.90 Å². The van der Waals surface area contributed by atoms with Gasteiger partial charge in [-0.25, -0.2) is 0 Å². The number of aliphatic hydroxyl groups excluding tert-OH is 1. The van der Waals surface area contributed by atoms with Gasteiger partial charge in [-0.15, -0.1) is 0 Å². The van der Waals surface area contributed by atoms with Crippen molar-refractivity contribution in [1.29, 1.82) is 0 Å². The SMILES string of the molecule is CCNc1ccccc1C(=O)NCC1CC(O)C1. The van der Waals surface area contributed by atoms with Crippen molar-refractivity contribution in [2.45, 2.75) is 25.9 Å². The first-order chi connectivity index (χ1) is 8.70. The molecular weight excluding hydrogens is 228 g/mol. The van der Waals surface area contributed by atoms with Crippen LogP contribution >= 0.6 is 0 Å². The summed E-state index contributed by atoms with van der Waals surface area (Å²) in [6.45, 7) is 3.44. The van der Waals surface area contributed by atoms with E-state index in [-0.39, 0.29) is 12.0 Å². The first kappa shape index (κ1) is 12.9. The number of carbonyl (C=O) groups excluding carboxylic acids is 1. The first-order valence-electron chi connectivity index (χ1n) is 6.50. The van der Waals surface area contributed by atoms with E-state index in [1.165, 1.54) is 0 Å². The second-order valence-electron chi connectivity index (χ2n) is 4.78. The van der Waals surface area contributed by atoms with Crippen LogP contribution in [0.2, 0.25) is 0 Å². The standard InChI is InChI=1S/C14H20N2O2/c1-2-15-13-6-4-3-5-12(13)14(18)16-9-10-7-11(17)8-10/h3-6,10-11,15,17H,2,7-9H2,1H3,(H,16,18). The molecule has 0 spiro atoms. The lowest BCUT2D eigenvalue weighted by Gasteiger charge is -2.31.